The van der Waals surface area contributed by atoms with Crippen molar-refractivity contribution in [3.05, 3.63) is 102 Å². The van der Waals surface area contributed by atoms with Crippen LogP contribution in [0.15, 0.2) is 65.6 Å². The lowest BCUT2D eigenvalue weighted by Crippen LogP contribution is -2.27. The van der Waals surface area contributed by atoms with Gasteiger partial charge in [0.2, 0.25) is 0 Å². The van der Waals surface area contributed by atoms with E-state index in [-0.39, 0.29) is 23.7 Å². The standard InChI is InChI=1S/C26H20Cl2N2O6S/c1-2-35-23-12-16(8-10-22(23)36-15-18-5-3-4-6-21(18)30(33)34)13-24-25(31)29(26(32)37-24)14-17-7-9-19(27)20(28)11-17/h3-13H,2,14-15H2,1H3/b24-13-. The molecule has 0 aromatic heterocycles. The molecule has 1 saturated heterocycles. The molecule has 0 unspecified atom stereocenters. The van der Waals surface area contributed by atoms with Crippen LogP contribution in [0.1, 0.15) is 23.6 Å². The predicted octanol–water partition coefficient (Wildman–Crippen LogP) is 7.12. The van der Waals surface area contributed by atoms with Gasteiger partial charge < -0.3 is 9.47 Å². The second-order valence-electron chi connectivity index (χ2n) is 7.83. The SMILES string of the molecule is CCOc1cc(/C=C2\SC(=O)N(Cc3ccc(Cl)c(Cl)c3)C2=O)ccc1OCc1ccccc1[N+](=O)[O-]. The third-order valence-electron chi connectivity index (χ3n) is 5.34. The normalized spacial score (nSPS) is 14.4. The number of benzene rings is 3. The Kier molecular flexibility index (Phi) is 8.38. The van der Waals surface area contributed by atoms with Crippen molar-refractivity contribution in [3.8, 4) is 11.5 Å². The van der Waals surface area contributed by atoms with Crippen LogP contribution in [0.2, 0.25) is 10.0 Å². The van der Waals surface area contributed by atoms with Crippen molar-refractivity contribution in [3.63, 3.8) is 0 Å². The van der Waals surface area contributed by atoms with Gasteiger partial charge in [0.15, 0.2) is 11.5 Å². The summed E-state index contributed by atoms with van der Waals surface area (Å²) in [6, 6.07) is 16.3. The molecule has 37 heavy (non-hydrogen) atoms. The van der Waals surface area contributed by atoms with Gasteiger partial charge in [0.1, 0.15) is 6.61 Å². The third-order valence-corrected chi connectivity index (χ3v) is 6.98. The first kappa shape index (κ1) is 26.5. The van der Waals surface area contributed by atoms with E-state index in [2.05, 4.69) is 0 Å². The van der Waals surface area contributed by atoms with E-state index in [1.165, 1.54) is 6.07 Å². The topological polar surface area (TPSA) is 99.0 Å². The highest BCUT2D eigenvalue weighted by atomic mass is 35.5. The van der Waals surface area contributed by atoms with E-state index < -0.39 is 16.1 Å². The smallest absolute Gasteiger partial charge is 0.293 e. The molecule has 3 aromatic carbocycles. The number of hydrogen-bond acceptors (Lipinski definition) is 7. The maximum atomic E-state index is 12.9. The lowest BCUT2D eigenvalue weighted by molar-refractivity contribution is -0.385. The maximum absolute atomic E-state index is 12.9. The molecule has 0 atom stereocenters. The summed E-state index contributed by atoms with van der Waals surface area (Å²) in [4.78, 5) is 37.7. The molecule has 0 N–H and O–H groups in total. The second-order valence-corrected chi connectivity index (χ2v) is 9.64. The van der Waals surface area contributed by atoms with Crippen LogP contribution in [0, 0.1) is 10.1 Å². The summed E-state index contributed by atoms with van der Waals surface area (Å²) < 4.78 is 11.5. The fourth-order valence-electron chi connectivity index (χ4n) is 3.58. The Morgan fingerprint density at radius 1 is 1.00 bits per heavy atom. The van der Waals surface area contributed by atoms with Crippen molar-refractivity contribution in [2.24, 2.45) is 0 Å². The number of carbonyl (C=O) groups excluding carboxylic acids is 2. The van der Waals surface area contributed by atoms with Gasteiger partial charge in [-0.2, -0.15) is 0 Å². The summed E-state index contributed by atoms with van der Waals surface area (Å²) >= 11 is 12.8. The molecule has 190 valence electrons. The van der Waals surface area contributed by atoms with Crippen LogP contribution in [0.5, 0.6) is 11.5 Å². The number of halogens is 2. The minimum absolute atomic E-state index is 0.0236. The summed E-state index contributed by atoms with van der Waals surface area (Å²) in [7, 11) is 0. The summed E-state index contributed by atoms with van der Waals surface area (Å²) in [5.41, 5.74) is 1.70. The Hall–Kier alpha value is -3.53. The van der Waals surface area contributed by atoms with Crippen molar-refractivity contribution in [2.75, 3.05) is 6.61 Å². The first-order valence-electron chi connectivity index (χ1n) is 11.1. The van der Waals surface area contributed by atoms with E-state index in [0.717, 1.165) is 16.7 Å². The van der Waals surface area contributed by atoms with Crippen molar-refractivity contribution in [2.45, 2.75) is 20.1 Å². The number of para-hydroxylation sites is 1. The van der Waals surface area contributed by atoms with Gasteiger partial charge in [0.25, 0.3) is 16.8 Å². The molecule has 1 fully saturated rings. The zero-order chi connectivity index (χ0) is 26.5. The van der Waals surface area contributed by atoms with E-state index in [9.17, 15) is 19.7 Å². The van der Waals surface area contributed by atoms with Crippen molar-refractivity contribution < 1.29 is 24.0 Å². The van der Waals surface area contributed by atoms with Crippen LogP contribution >= 0.6 is 35.0 Å². The third kappa shape index (κ3) is 6.25. The Labute approximate surface area is 226 Å². The van der Waals surface area contributed by atoms with E-state index in [1.807, 2.05) is 6.92 Å². The zero-order valence-electron chi connectivity index (χ0n) is 19.5. The van der Waals surface area contributed by atoms with Crippen LogP contribution < -0.4 is 9.47 Å². The zero-order valence-corrected chi connectivity index (χ0v) is 21.8. The number of ether oxygens (including phenoxy) is 2. The summed E-state index contributed by atoms with van der Waals surface area (Å²) in [6.45, 7) is 2.21. The average molecular weight is 559 g/mol. The van der Waals surface area contributed by atoms with Crippen LogP contribution in [-0.4, -0.2) is 27.6 Å². The molecule has 8 nitrogen and oxygen atoms in total. The molecular weight excluding hydrogens is 539 g/mol. The number of nitro groups is 1. The molecule has 4 rings (SSSR count). The minimum Gasteiger partial charge on any atom is -0.490 e. The lowest BCUT2D eigenvalue weighted by Gasteiger charge is -2.13. The van der Waals surface area contributed by atoms with E-state index in [0.29, 0.717) is 44.8 Å². The molecule has 3 aromatic rings. The fraction of sp³-hybridized carbons (Fsp3) is 0.154. The first-order chi connectivity index (χ1) is 17.8. The molecule has 11 heteroatoms. The fourth-order valence-corrected chi connectivity index (χ4v) is 4.74. The molecule has 1 heterocycles. The first-order valence-corrected chi connectivity index (χ1v) is 12.6. The van der Waals surface area contributed by atoms with Crippen LogP contribution in [0.4, 0.5) is 10.5 Å². The number of nitrogens with zero attached hydrogens (tertiary/aromatic N) is 2. The molecule has 2 amide bonds. The van der Waals surface area contributed by atoms with Gasteiger partial charge >= 0.3 is 0 Å². The second kappa shape index (κ2) is 11.7. The van der Waals surface area contributed by atoms with E-state index in [4.69, 9.17) is 32.7 Å². The molecule has 0 bridgehead atoms. The Bertz CT molecular complexity index is 1410. The van der Waals surface area contributed by atoms with Gasteiger partial charge in [0.05, 0.1) is 38.6 Å². The molecule has 0 radical (unpaired) electrons. The van der Waals surface area contributed by atoms with Crippen molar-refractivity contribution in [1.82, 2.24) is 4.90 Å². The van der Waals surface area contributed by atoms with Gasteiger partial charge in [-0.15, -0.1) is 0 Å². The number of carbonyl (C=O) groups is 2. The van der Waals surface area contributed by atoms with Gasteiger partial charge in [-0.25, -0.2) is 0 Å². The highest BCUT2D eigenvalue weighted by molar-refractivity contribution is 8.18. The minimum atomic E-state index is -0.459. The largest absolute Gasteiger partial charge is 0.490 e. The number of hydrogen-bond donors (Lipinski definition) is 0. The molecule has 0 aliphatic carbocycles. The number of nitro benzene ring substituents is 1. The Balaban J connectivity index is 1.52. The number of thioether (sulfide) groups is 1. The van der Waals surface area contributed by atoms with Crippen LogP contribution in [0.3, 0.4) is 0 Å². The van der Waals surface area contributed by atoms with Crippen LogP contribution in [-0.2, 0) is 17.9 Å². The average Bonchev–Trinajstić information content (AvgIpc) is 3.13. The lowest BCUT2D eigenvalue weighted by atomic mass is 10.1. The van der Waals surface area contributed by atoms with Crippen molar-refractivity contribution in [1.29, 1.82) is 0 Å². The van der Waals surface area contributed by atoms with E-state index >= 15 is 0 Å². The van der Waals surface area contributed by atoms with Gasteiger partial charge in [0, 0.05) is 6.07 Å². The number of rotatable bonds is 9. The summed E-state index contributed by atoms with van der Waals surface area (Å²) in [6.07, 6.45) is 1.61. The molecule has 1 aliphatic rings. The highest BCUT2D eigenvalue weighted by Gasteiger charge is 2.35. The van der Waals surface area contributed by atoms with Crippen LogP contribution in [0.25, 0.3) is 6.08 Å². The van der Waals surface area contributed by atoms with Gasteiger partial charge in [-0.3, -0.25) is 24.6 Å². The molecule has 0 spiro atoms. The molecular formula is C26H20Cl2N2O6S. The molecule has 1 aliphatic heterocycles. The predicted molar refractivity (Wildman–Crippen MR) is 143 cm³/mol. The van der Waals surface area contributed by atoms with Crippen molar-refractivity contribution >= 4 is 57.9 Å². The quantitative estimate of drug-likeness (QED) is 0.156. The highest BCUT2D eigenvalue weighted by Crippen LogP contribution is 2.36. The monoisotopic (exact) mass is 558 g/mol. The Morgan fingerprint density at radius 3 is 2.51 bits per heavy atom. The number of amides is 2. The molecule has 0 saturated carbocycles. The van der Waals surface area contributed by atoms with E-state index in [1.54, 1.807) is 60.7 Å². The summed E-state index contributed by atoms with van der Waals surface area (Å²) in [5.74, 6) is 0.380. The maximum Gasteiger partial charge on any atom is 0.293 e. The summed E-state index contributed by atoms with van der Waals surface area (Å²) in [5, 5.41) is 11.6. The van der Waals surface area contributed by atoms with Gasteiger partial charge in [-0.1, -0.05) is 47.5 Å². The Morgan fingerprint density at radius 2 is 1.78 bits per heavy atom. The number of imide groups is 1. The van der Waals surface area contributed by atoms with Gasteiger partial charge in [-0.05, 0) is 66.2 Å².